The molecule has 0 atom stereocenters. The van der Waals surface area contributed by atoms with Gasteiger partial charge in [-0.15, -0.1) is 11.3 Å². The molecule has 9 heteroatoms. The number of benzene rings is 1. The molecule has 0 spiro atoms. The van der Waals surface area contributed by atoms with Gasteiger partial charge in [-0.3, -0.25) is 4.79 Å². The monoisotopic (exact) mass is 400 g/mol. The number of ether oxygens (including phenoxy) is 2. The first-order valence-electron chi connectivity index (χ1n) is 9.04. The molecule has 3 heterocycles. The second-order valence-corrected chi connectivity index (χ2v) is 7.14. The minimum atomic E-state index is -0.194. The van der Waals surface area contributed by atoms with Crippen LogP contribution in [0.3, 0.4) is 0 Å². The van der Waals surface area contributed by atoms with Crippen LogP contribution in [0.2, 0.25) is 0 Å². The number of hydrogen-bond acceptors (Lipinski definition) is 6. The fourth-order valence-electron chi connectivity index (χ4n) is 3.04. The maximum Gasteiger partial charge on any atom is 0.321 e. The van der Waals surface area contributed by atoms with Crippen molar-refractivity contribution in [3.8, 4) is 17.1 Å². The number of aromatic amines is 1. The number of anilines is 1. The highest BCUT2D eigenvalue weighted by Gasteiger charge is 2.18. The van der Waals surface area contributed by atoms with Crippen LogP contribution in [0.15, 0.2) is 34.4 Å². The summed E-state index contributed by atoms with van der Waals surface area (Å²) in [6.07, 6.45) is 0. The molecule has 4 rings (SSSR count). The third-order valence-electron chi connectivity index (χ3n) is 4.40. The highest BCUT2D eigenvalue weighted by Crippen LogP contribution is 2.31. The van der Waals surface area contributed by atoms with Gasteiger partial charge in [0, 0.05) is 18.8 Å². The van der Waals surface area contributed by atoms with Crippen LogP contribution in [-0.2, 0) is 4.74 Å². The second-order valence-electron chi connectivity index (χ2n) is 6.22. The van der Waals surface area contributed by atoms with Crippen molar-refractivity contribution in [2.24, 2.45) is 0 Å². The van der Waals surface area contributed by atoms with Crippen molar-refractivity contribution in [3.63, 3.8) is 0 Å². The normalized spacial score (nSPS) is 14.2. The van der Waals surface area contributed by atoms with Crippen molar-refractivity contribution < 1.29 is 14.3 Å². The fraction of sp³-hybridized carbons (Fsp3) is 0.316. The van der Waals surface area contributed by atoms with E-state index >= 15 is 0 Å². The maximum absolute atomic E-state index is 12.5. The molecule has 2 aromatic heterocycles. The van der Waals surface area contributed by atoms with Crippen LogP contribution in [0.25, 0.3) is 21.6 Å². The van der Waals surface area contributed by atoms with Crippen LogP contribution in [0, 0.1) is 0 Å². The number of fused-ring (bicyclic) bond motifs is 1. The van der Waals surface area contributed by atoms with E-state index in [9.17, 15) is 9.59 Å². The van der Waals surface area contributed by atoms with E-state index in [1.165, 1.54) is 11.3 Å². The molecule has 1 fully saturated rings. The molecule has 28 heavy (non-hydrogen) atoms. The Morgan fingerprint density at radius 1 is 1.36 bits per heavy atom. The van der Waals surface area contributed by atoms with Crippen molar-refractivity contribution in [2.45, 2.75) is 6.92 Å². The lowest BCUT2D eigenvalue weighted by atomic mass is 10.1. The minimum absolute atomic E-state index is 0.187. The van der Waals surface area contributed by atoms with Gasteiger partial charge in [0.15, 0.2) is 0 Å². The smallest absolute Gasteiger partial charge is 0.321 e. The van der Waals surface area contributed by atoms with Gasteiger partial charge in [-0.2, -0.15) is 0 Å². The molecule has 146 valence electrons. The Balaban J connectivity index is 1.68. The van der Waals surface area contributed by atoms with Gasteiger partial charge in [0.2, 0.25) is 0 Å². The molecule has 1 saturated heterocycles. The number of thiophene rings is 1. The van der Waals surface area contributed by atoms with E-state index in [1.54, 1.807) is 23.1 Å². The van der Waals surface area contributed by atoms with E-state index in [0.717, 1.165) is 0 Å². The third kappa shape index (κ3) is 3.71. The summed E-state index contributed by atoms with van der Waals surface area (Å²) in [6.45, 7) is 4.54. The highest BCUT2D eigenvalue weighted by atomic mass is 32.1. The molecule has 8 nitrogen and oxygen atoms in total. The topological polar surface area (TPSA) is 96.5 Å². The van der Waals surface area contributed by atoms with Gasteiger partial charge in [-0.1, -0.05) is 0 Å². The SMILES string of the molecule is CCOc1ccc(NC(=O)N2CCOCC2)cc1-c1nc2ccsc2c(=O)[nH]1. The number of rotatable bonds is 4. The van der Waals surface area contributed by atoms with Crippen molar-refractivity contribution >= 4 is 33.3 Å². The molecule has 0 radical (unpaired) electrons. The van der Waals surface area contributed by atoms with Crippen LogP contribution in [0.1, 0.15) is 6.92 Å². The lowest BCUT2D eigenvalue weighted by Gasteiger charge is -2.27. The largest absolute Gasteiger partial charge is 0.493 e. The molecule has 3 aromatic rings. The summed E-state index contributed by atoms with van der Waals surface area (Å²) in [5.74, 6) is 0.992. The zero-order valence-corrected chi connectivity index (χ0v) is 16.2. The predicted octanol–water partition coefficient (Wildman–Crippen LogP) is 2.91. The van der Waals surface area contributed by atoms with Gasteiger partial charge < -0.3 is 24.7 Å². The van der Waals surface area contributed by atoms with Gasteiger partial charge >= 0.3 is 6.03 Å². The summed E-state index contributed by atoms with van der Waals surface area (Å²) >= 11 is 1.35. The number of nitrogens with one attached hydrogen (secondary N) is 2. The Morgan fingerprint density at radius 2 is 2.18 bits per heavy atom. The molecular formula is C19H20N4O4S. The summed E-state index contributed by atoms with van der Waals surface area (Å²) in [5.41, 5.74) is 1.66. The first-order chi connectivity index (χ1) is 13.7. The molecule has 2 amide bonds. The fourth-order valence-corrected chi connectivity index (χ4v) is 3.77. The van der Waals surface area contributed by atoms with E-state index in [0.29, 0.717) is 66.0 Å². The van der Waals surface area contributed by atoms with E-state index < -0.39 is 0 Å². The average Bonchev–Trinajstić information content (AvgIpc) is 3.19. The first-order valence-corrected chi connectivity index (χ1v) is 9.92. The van der Waals surface area contributed by atoms with Crippen LogP contribution in [0.4, 0.5) is 10.5 Å². The molecular weight excluding hydrogens is 380 g/mol. The van der Waals surface area contributed by atoms with Crippen molar-refractivity contribution in [2.75, 3.05) is 38.2 Å². The van der Waals surface area contributed by atoms with E-state index in [1.807, 2.05) is 18.4 Å². The van der Waals surface area contributed by atoms with Crippen LogP contribution in [0.5, 0.6) is 5.75 Å². The van der Waals surface area contributed by atoms with Crippen LogP contribution < -0.4 is 15.6 Å². The quantitative estimate of drug-likeness (QED) is 0.702. The first kappa shape index (κ1) is 18.5. The summed E-state index contributed by atoms with van der Waals surface area (Å²) in [6, 6.07) is 6.93. The van der Waals surface area contributed by atoms with Crippen molar-refractivity contribution in [1.82, 2.24) is 14.9 Å². The number of carbonyl (C=O) groups is 1. The number of amides is 2. The minimum Gasteiger partial charge on any atom is -0.493 e. The van der Waals surface area contributed by atoms with E-state index in [-0.39, 0.29) is 11.6 Å². The summed E-state index contributed by atoms with van der Waals surface area (Å²) < 4.78 is 11.6. The lowest BCUT2D eigenvalue weighted by molar-refractivity contribution is 0.0564. The summed E-state index contributed by atoms with van der Waals surface area (Å²) in [5, 5.41) is 4.73. The second kappa shape index (κ2) is 7.99. The predicted molar refractivity (Wildman–Crippen MR) is 108 cm³/mol. The number of morpholine rings is 1. The molecule has 2 N–H and O–H groups in total. The number of nitrogens with zero attached hydrogens (tertiary/aromatic N) is 2. The van der Waals surface area contributed by atoms with E-state index in [4.69, 9.17) is 9.47 Å². The Hall–Kier alpha value is -2.91. The molecule has 0 aliphatic carbocycles. The number of hydrogen-bond donors (Lipinski definition) is 2. The molecule has 0 saturated carbocycles. The van der Waals surface area contributed by atoms with Crippen molar-refractivity contribution in [3.05, 3.63) is 40.0 Å². The van der Waals surface area contributed by atoms with Gasteiger partial charge in [-0.25, -0.2) is 9.78 Å². The Bertz CT molecular complexity index is 1060. The number of aromatic nitrogens is 2. The zero-order chi connectivity index (χ0) is 19.5. The lowest BCUT2D eigenvalue weighted by Crippen LogP contribution is -2.43. The Morgan fingerprint density at radius 3 is 2.96 bits per heavy atom. The molecule has 0 unspecified atom stereocenters. The summed E-state index contributed by atoms with van der Waals surface area (Å²) in [4.78, 5) is 33.9. The number of carbonyl (C=O) groups excluding carboxylic acids is 1. The standard InChI is InChI=1S/C19H20N4O4S/c1-2-27-15-4-3-12(20-19(25)23-6-8-26-9-7-23)11-13(15)17-21-14-5-10-28-16(14)18(24)22-17/h3-5,10-11H,2,6-9H2,1H3,(H,20,25)(H,21,22,24). The zero-order valence-electron chi connectivity index (χ0n) is 15.4. The van der Waals surface area contributed by atoms with Crippen LogP contribution in [-0.4, -0.2) is 53.8 Å². The summed E-state index contributed by atoms with van der Waals surface area (Å²) in [7, 11) is 0. The highest BCUT2D eigenvalue weighted by molar-refractivity contribution is 7.17. The van der Waals surface area contributed by atoms with Gasteiger partial charge in [0.1, 0.15) is 16.3 Å². The maximum atomic E-state index is 12.5. The molecule has 1 aliphatic rings. The molecule has 1 aliphatic heterocycles. The van der Waals surface area contributed by atoms with Gasteiger partial charge in [0.25, 0.3) is 5.56 Å². The number of H-pyrrole nitrogens is 1. The Labute approximate surface area is 165 Å². The molecule has 1 aromatic carbocycles. The van der Waals surface area contributed by atoms with Crippen molar-refractivity contribution in [1.29, 1.82) is 0 Å². The third-order valence-corrected chi connectivity index (χ3v) is 5.30. The number of urea groups is 1. The van der Waals surface area contributed by atoms with E-state index in [2.05, 4.69) is 15.3 Å². The molecule has 0 bridgehead atoms. The van der Waals surface area contributed by atoms with Gasteiger partial charge in [0.05, 0.1) is 30.9 Å². The Kier molecular flexibility index (Phi) is 5.27. The van der Waals surface area contributed by atoms with Crippen LogP contribution >= 0.6 is 11.3 Å². The average molecular weight is 400 g/mol. The van der Waals surface area contributed by atoms with Gasteiger partial charge in [-0.05, 0) is 36.6 Å².